The monoisotopic (exact) mass is 223 g/mol. The van der Waals surface area contributed by atoms with Crippen LogP contribution >= 0.6 is 0 Å². The summed E-state index contributed by atoms with van der Waals surface area (Å²) in [5.41, 5.74) is 0. The zero-order valence-corrected chi connectivity index (χ0v) is 8.76. The molecule has 1 amide bonds. The first-order valence-corrected chi connectivity index (χ1v) is 5.07. The van der Waals surface area contributed by atoms with Crippen LogP contribution in [-0.4, -0.2) is 55.3 Å². The summed E-state index contributed by atoms with van der Waals surface area (Å²) in [4.78, 5) is 14.0. The second kappa shape index (κ2) is 4.87. The first-order valence-electron chi connectivity index (χ1n) is 5.07. The highest BCUT2D eigenvalue weighted by Crippen LogP contribution is 2.12. The van der Waals surface area contributed by atoms with E-state index < -0.39 is 13.4 Å². The van der Waals surface area contributed by atoms with Crippen molar-refractivity contribution in [3.05, 3.63) is 0 Å². The largest absolute Gasteiger partial charge is 0.492 e. The Labute approximate surface area is 87.3 Å². The van der Waals surface area contributed by atoms with Gasteiger partial charge in [0, 0.05) is 26.6 Å². The number of halogens is 3. The molecule has 0 unspecified atom stereocenters. The molecule has 1 fully saturated rings. The number of rotatable bonds is 2. The highest BCUT2D eigenvalue weighted by Gasteiger charge is 2.27. The van der Waals surface area contributed by atoms with Gasteiger partial charge in [-0.1, -0.05) is 0 Å². The average Bonchev–Trinajstić information content (AvgIpc) is 2.26. The molecule has 0 atom stereocenters. The standard InChI is InChI=1S/C8H15BF3N2O/c1-8(15)14-4-2-3-13(5-6-14)7-9(10,11)12/h2-7H2,1H3/q-1. The minimum absolute atomic E-state index is 0.0608. The van der Waals surface area contributed by atoms with Crippen molar-refractivity contribution in [2.75, 3.05) is 32.6 Å². The Morgan fingerprint density at radius 2 is 1.87 bits per heavy atom. The summed E-state index contributed by atoms with van der Waals surface area (Å²) < 4.78 is 36.5. The molecular formula is C8H15BF3N2O-. The summed E-state index contributed by atoms with van der Waals surface area (Å²) in [5, 5.41) is 0. The maximum Gasteiger partial charge on any atom is 0.492 e. The van der Waals surface area contributed by atoms with E-state index in [-0.39, 0.29) is 5.91 Å². The molecule has 15 heavy (non-hydrogen) atoms. The lowest BCUT2D eigenvalue weighted by molar-refractivity contribution is -0.128. The number of nitrogens with zero attached hydrogens (tertiary/aromatic N) is 2. The van der Waals surface area contributed by atoms with Crippen molar-refractivity contribution in [2.45, 2.75) is 13.3 Å². The minimum atomic E-state index is -4.75. The SMILES string of the molecule is CC(=O)N1CCCN(C[B-](F)(F)F)CC1. The van der Waals surface area contributed by atoms with Gasteiger partial charge < -0.3 is 22.7 Å². The van der Waals surface area contributed by atoms with Gasteiger partial charge in [-0.05, 0) is 19.4 Å². The first-order chi connectivity index (χ1) is 6.88. The molecule has 0 aromatic rings. The zero-order valence-electron chi connectivity index (χ0n) is 8.76. The van der Waals surface area contributed by atoms with Crippen molar-refractivity contribution in [3.63, 3.8) is 0 Å². The Balaban J connectivity index is 2.42. The number of hydrogen-bond donors (Lipinski definition) is 0. The molecule has 3 nitrogen and oxygen atoms in total. The molecule has 1 rings (SSSR count). The molecule has 0 radical (unpaired) electrons. The fourth-order valence-electron chi connectivity index (χ4n) is 1.76. The number of carbonyl (C=O) groups excluding carboxylic acids is 1. The smallest absolute Gasteiger partial charge is 0.448 e. The van der Waals surface area contributed by atoms with E-state index in [2.05, 4.69) is 0 Å². The summed E-state index contributed by atoms with van der Waals surface area (Å²) >= 11 is 0. The molecule has 7 heteroatoms. The van der Waals surface area contributed by atoms with E-state index in [0.29, 0.717) is 32.6 Å². The normalized spacial score (nSPS) is 20.1. The van der Waals surface area contributed by atoms with E-state index >= 15 is 0 Å². The zero-order chi connectivity index (χ0) is 11.5. The van der Waals surface area contributed by atoms with Crippen LogP contribution in [0, 0.1) is 0 Å². The quantitative estimate of drug-likeness (QED) is 0.650. The molecule has 1 heterocycles. The fraction of sp³-hybridized carbons (Fsp3) is 0.875. The van der Waals surface area contributed by atoms with Crippen molar-refractivity contribution in [1.29, 1.82) is 0 Å². The van der Waals surface area contributed by atoms with Gasteiger partial charge >= 0.3 is 6.98 Å². The van der Waals surface area contributed by atoms with Gasteiger partial charge in [-0.15, -0.1) is 0 Å². The van der Waals surface area contributed by atoms with Crippen molar-refractivity contribution in [2.24, 2.45) is 0 Å². The van der Waals surface area contributed by atoms with Gasteiger partial charge in [-0.3, -0.25) is 4.79 Å². The number of amides is 1. The Kier molecular flexibility index (Phi) is 4.01. The fourth-order valence-corrected chi connectivity index (χ4v) is 1.76. The van der Waals surface area contributed by atoms with E-state index in [4.69, 9.17) is 0 Å². The summed E-state index contributed by atoms with van der Waals surface area (Å²) in [5.74, 6) is -0.0608. The van der Waals surface area contributed by atoms with E-state index in [9.17, 15) is 17.7 Å². The summed E-state index contributed by atoms with van der Waals surface area (Å²) in [6.45, 7) is -1.59. The van der Waals surface area contributed by atoms with Crippen molar-refractivity contribution in [1.82, 2.24) is 9.80 Å². The lowest BCUT2D eigenvalue weighted by atomic mass is 9.91. The predicted molar refractivity (Wildman–Crippen MR) is 52.4 cm³/mol. The number of hydrogen-bond acceptors (Lipinski definition) is 2. The van der Waals surface area contributed by atoms with Crippen LogP contribution in [0.5, 0.6) is 0 Å². The third kappa shape index (κ3) is 4.55. The molecule has 1 saturated heterocycles. The number of carbonyl (C=O) groups is 1. The molecule has 0 aromatic carbocycles. The van der Waals surface area contributed by atoms with Gasteiger partial charge in [0.15, 0.2) is 0 Å². The van der Waals surface area contributed by atoms with Crippen LogP contribution < -0.4 is 0 Å². The van der Waals surface area contributed by atoms with Gasteiger partial charge in [-0.25, -0.2) is 0 Å². The molecule has 0 spiro atoms. The molecule has 88 valence electrons. The predicted octanol–water partition coefficient (Wildman–Crippen LogP) is 0.927. The summed E-state index contributed by atoms with van der Waals surface area (Å²) in [6.07, 6.45) is -0.197. The maximum atomic E-state index is 12.2. The lowest BCUT2D eigenvalue weighted by Gasteiger charge is -2.26. The molecule has 0 saturated carbocycles. The second-order valence-corrected chi connectivity index (χ2v) is 3.87. The Bertz CT molecular complexity index is 234. The van der Waals surface area contributed by atoms with Crippen LogP contribution in [0.25, 0.3) is 0 Å². The van der Waals surface area contributed by atoms with Gasteiger partial charge in [0.25, 0.3) is 0 Å². The lowest BCUT2D eigenvalue weighted by Crippen LogP contribution is -2.40. The van der Waals surface area contributed by atoms with E-state index in [1.165, 1.54) is 11.8 Å². The summed E-state index contributed by atoms with van der Waals surface area (Å²) in [6, 6.07) is 0. The van der Waals surface area contributed by atoms with Gasteiger partial charge in [0.05, 0.1) is 0 Å². The van der Waals surface area contributed by atoms with Crippen LogP contribution in [-0.2, 0) is 4.79 Å². The highest BCUT2D eigenvalue weighted by atomic mass is 19.4. The molecule has 0 aliphatic carbocycles. The van der Waals surface area contributed by atoms with Crippen LogP contribution in [0.1, 0.15) is 13.3 Å². The topological polar surface area (TPSA) is 23.6 Å². The van der Waals surface area contributed by atoms with Crippen molar-refractivity contribution < 1.29 is 17.7 Å². The summed E-state index contributed by atoms with van der Waals surface area (Å²) in [7, 11) is 0. The molecule has 1 aliphatic rings. The van der Waals surface area contributed by atoms with Crippen LogP contribution in [0.15, 0.2) is 0 Å². The molecule has 0 bridgehead atoms. The molecule has 0 N–H and O–H groups in total. The Morgan fingerprint density at radius 1 is 1.20 bits per heavy atom. The first kappa shape index (κ1) is 12.4. The highest BCUT2D eigenvalue weighted by molar-refractivity contribution is 6.58. The van der Waals surface area contributed by atoms with Crippen molar-refractivity contribution in [3.8, 4) is 0 Å². The van der Waals surface area contributed by atoms with E-state index in [1.54, 1.807) is 4.90 Å². The molecule has 1 aliphatic heterocycles. The third-order valence-corrected chi connectivity index (χ3v) is 2.50. The van der Waals surface area contributed by atoms with Crippen LogP contribution in [0.2, 0.25) is 0 Å². The Hall–Kier alpha value is -0.715. The van der Waals surface area contributed by atoms with Gasteiger partial charge in [0.2, 0.25) is 5.91 Å². The van der Waals surface area contributed by atoms with Crippen molar-refractivity contribution >= 4 is 12.9 Å². The van der Waals surface area contributed by atoms with E-state index in [0.717, 1.165) is 0 Å². The van der Waals surface area contributed by atoms with Crippen LogP contribution in [0.3, 0.4) is 0 Å². The second-order valence-electron chi connectivity index (χ2n) is 3.87. The maximum absolute atomic E-state index is 12.2. The minimum Gasteiger partial charge on any atom is -0.448 e. The molecule has 0 aromatic heterocycles. The van der Waals surface area contributed by atoms with Gasteiger partial charge in [-0.2, -0.15) is 0 Å². The molecular weight excluding hydrogens is 208 g/mol. The third-order valence-electron chi connectivity index (χ3n) is 2.50. The average molecular weight is 223 g/mol. The van der Waals surface area contributed by atoms with Crippen LogP contribution in [0.4, 0.5) is 12.9 Å². The Morgan fingerprint density at radius 3 is 2.40 bits per heavy atom. The van der Waals surface area contributed by atoms with E-state index in [1.807, 2.05) is 0 Å². The van der Waals surface area contributed by atoms with Gasteiger partial charge in [0.1, 0.15) is 0 Å².